The molecule has 0 aliphatic carbocycles. The molecule has 2 aromatic carbocycles. The third-order valence-corrected chi connectivity index (χ3v) is 4.38. The number of nitrogens with one attached hydrogen (secondary N) is 1. The Morgan fingerprint density at radius 2 is 1.71 bits per heavy atom. The number of carbonyl (C=O) groups is 1. The molecule has 1 N–H and O–H groups in total. The highest BCUT2D eigenvalue weighted by molar-refractivity contribution is 6.06. The van der Waals surface area contributed by atoms with Crippen LogP contribution in [-0.2, 0) is 6.54 Å². The van der Waals surface area contributed by atoms with E-state index in [2.05, 4.69) is 29.5 Å². The Morgan fingerprint density at radius 3 is 2.36 bits per heavy atom. The number of aromatic nitrogens is 2. The summed E-state index contributed by atoms with van der Waals surface area (Å²) in [5.41, 5.74) is 4.39. The van der Waals surface area contributed by atoms with Crippen LogP contribution in [0.3, 0.4) is 0 Å². The van der Waals surface area contributed by atoms with E-state index in [9.17, 15) is 9.59 Å². The number of rotatable bonds is 6. The van der Waals surface area contributed by atoms with E-state index in [1.165, 1.54) is 4.68 Å². The lowest BCUT2D eigenvalue weighted by Gasteiger charge is -2.11. The molecule has 3 rings (SSSR count). The van der Waals surface area contributed by atoms with Crippen molar-refractivity contribution in [2.24, 2.45) is 11.0 Å². The molecule has 0 aliphatic heterocycles. The second-order valence-corrected chi connectivity index (χ2v) is 6.98. The molecule has 6 nitrogen and oxygen atoms in total. The number of nitrogens with zero attached hydrogens (tertiary/aromatic N) is 3. The summed E-state index contributed by atoms with van der Waals surface area (Å²) in [5, 5.41) is 9.63. The molecule has 0 fully saturated rings. The summed E-state index contributed by atoms with van der Waals surface area (Å²) in [6, 6.07) is 16.8. The molecule has 0 saturated heterocycles. The lowest BCUT2D eigenvalue weighted by molar-refractivity contribution is 0.0949. The van der Waals surface area contributed by atoms with Crippen molar-refractivity contribution < 1.29 is 4.79 Å². The molecule has 0 radical (unpaired) electrons. The maximum Gasteiger partial charge on any atom is 0.292 e. The lowest BCUT2D eigenvalue weighted by Crippen LogP contribution is -2.29. The second-order valence-electron chi connectivity index (χ2n) is 6.98. The number of aryl methyl sites for hydroxylation is 1. The zero-order valence-corrected chi connectivity index (χ0v) is 16.3. The van der Waals surface area contributed by atoms with Crippen LogP contribution in [0.25, 0.3) is 10.8 Å². The van der Waals surface area contributed by atoms with Gasteiger partial charge in [0.2, 0.25) is 0 Å². The van der Waals surface area contributed by atoms with Gasteiger partial charge in [0.15, 0.2) is 5.69 Å². The first-order valence-electron chi connectivity index (χ1n) is 9.43. The fraction of sp³-hybridized carbons (Fsp3) is 0.273. The number of carbonyl (C=O) groups excluding carboxylic acids is 1. The van der Waals surface area contributed by atoms with Crippen LogP contribution in [0.15, 0.2) is 64.5 Å². The summed E-state index contributed by atoms with van der Waals surface area (Å²) in [4.78, 5) is 25.3. The fourth-order valence-electron chi connectivity index (χ4n) is 3.03. The van der Waals surface area contributed by atoms with E-state index in [4.69, 9.17) is 0 Å². The average molecular weight is 376 g/mol. The SMILES string of the molecule is CCn1nc(C(=O)N/N=C(\CC(C)C)c2ccccc2)c2ccccc2c1=O. The standard InChI is InChI=1S/C22H24N4O2/c1-4-26-22(28)18-13-9-8-12-17(18)20(25-26)21(27)24-23-19(14-15(2)3)16-10-6-5-7-11-16/h5-13,15H,4,14H2,1-3H3,(H,24,27)/b23-19+. The van der Waals surface area contributed by atoms with Crippen LogP contribution in [0.5, 0.6) is 0 Å². The van der Waals surface area contributed by atoms with Gasteiger partial charge in [-0.25, -0.2) is 10.1 Å². The quantitative estimate of drug-likeness (QED) is 0.527. The van der Waals surface area contributed by atoms with Crippen molar-refractivity contribution in [1.82, 2.24) is 15.2 Å². The third-order valence-electron chi connectivity index (χ3n) is 4.38. The smallest absolute Gasteiger partial charge is 0.267 e. The first-order valence-corrected chi connectivity index (χ1v) is 9.43. The van der Waals surface area contributed by atoms with E-state index in [1.807, 2.05) is 37.3 Å². The van der Waals surface area contributed by atoms with Crippen LogP contribution in [0.1, 0.15) is 43.2 Å². The van der Waals surface area contributed by atoms with Gasteiger partial charge in [0.25, 0.3) is 11.5 Å². The molecule has 3 aromatic rings. The number of hydrazone groups is 1. The molecule has 1 heterocycles. The van der Waals surface area contributed by atoms with Crippen LogP contribution in [0, 0.1) is 5.92 Å². The van der Waals surface area contributed by atoms with Crippen LogP contribution >= 0.6 is 0 Å². The molecule has 0 unspecified atom stereocenters. The van der Waals surface area contributed by atoms with Crippen molar-refractivity contribution in [3.05, 3.63) is 76.2 Å². The zero-order valence-electron chi connectivity index (χ0n) is 16.3. The second kappa shape index (κ2) is 8.61. The summed E-state index contributed by atoms with van der Waals surface area (Å²) in [7, 11) is 0. The van der Waals surface area contributed by atoms with Crippen molar-refractivity contribution in [2.45, 2.75) is 33.7 Å². The van der Waals surface area contributed by atoms with Crippen LogP contribution < -0.4 is 11.0 Å². The van der Waals surface area contributed by atoms with Crippen LogP contribution in [0.2, 0.25) is 0 Å². The Balaban J connectivity index is 1.99. The van der Waals surface area contributed by atoms with Gasteiger partial charge in [-0.1, -0.05) is 62.4 Å². The average Bonchev–Trinajstić information content (AvgIpc) is 2.71. The van der Waals surface area contributed by atoms with E-state index in [0.29, 0.717) is 23.2 Å². The van der Waals surface area contributed by atoms with Crippen LogP contribution in [-0.4, -0.2) is 21.4 Å². The minimum absolute atomic E-state index is 0.192. The van der Waals surface area contributed by atoms with Gasteiger partial charge >= 0.3 is 0 Å². The lowest BCUT2D eigenvalue weighted by atomic mass is 10.0. The highest BCUT2D eigenvalue weighted by atomic mass is 16.2. The Kier molecular flexibility index (Phi) is 5.99. The number of hydrogen-bond acceptors (Lipinski definition) is 4. The monoisotopic (exact) mass is 376 g/mol. The van der Waals surface area contributed by atoms with Crippen molar-refractivity contribution in [2.75, 3.05) is 0 Å². The summed E-state index contributed by atoms with van der Waals surface area (Å²) in [6.45, 7) is 6.41. The number of hydrogen-bond donors (Lipinski definition) is 1. The Morgan fingerprint density at radius 1 is 1.07 bits per heavy atom. The highest BCUT2D eigenvalue weighted by Crippen LogP contribution is 2.14. The van der Waals surface area contributed by atoms with E-state index in [1.54, 1.807) is 24.3 Å². The Labute approximate surface area is 163 Å². The van der Waals surface area contributed by atoms with Crippen molar-refractivity contribution >= 4 is 22.4 Å². The van der Waals surface area contributed by atoms with E-state index in [0.717, 1.165) is 17.7 Å². The normalized spacial score (nSPS) is 11.8. The summed E-state index contributed by atoms with van der Waals surface area (Å²) in [5.74, 6) is -0.0487. The largest absolute Gasteiger partial charge is 0.292 e. The van der Waals surface area contributed by atoms with Gasteiger partial charge in [-0.15, -0.1) is 0 Å². The molecule has 0 bridgehead atoms. The van der Waals surface area contributed by atoms with Gasteiger partial charge in [-0.3, -0.25) is 9.59 Å². The zero-order chi connectivity index (χ0) is 20.1. The van der Waals surface area contributed by atoms with Crippen molar-refractivity contribution in [1.29, 1.82) is 0 Å². The first-order chi connectivity index (χ1) is 13.5. The molecule has 0 aliphatic rings. The van der Waals surface area contributed by atoms with E-state index >= 15 is 0 Å². The first kappa shape index (κ1) is 19.5. The van der Waals surface area contributed by atoms with Crippen molar-refractivity contribution in [3.8, 4) is 0 Å². The molecule has 6 heteroatoms. The predicted molar refractivity (Wildman–Crippen MR) is 112 cm³/mol. The number of benzene rings is 2. The van der Waals surface area contributed by atoms with Gasteiger partial charge in [-0.05, 0) is 30.9 Å². The predicted octanol–water partition coefficient (Wildman–Crippen LogP) is 3.60. The van der Waals surface area contributed by atoms with E-state index in [-0.39, 0.29) is 11.3 Å². The molecule has 28 heavy (non-hydrogen) atoms. The number of fused-ring (bicyclic) bond motifs is 1. The summed E-state index contributed by atoms with van der Waals surface area (Å²) < 4.78 is 1.30. The van der Waals surface area contributed by atoms with Crippen molar-refractivity contribution in [3.63, 3.8) is 0 Å². The van der Waals surface area contributed by atoms with Gasteiger partial charge in [0, 0.05) is 11.9 Å². The molecular weight excluding hydrogens is 352 g/mol. The Bertz CT molecular complexity index is 1070. The molecule has 144 valence electrons. The maximum atomic E-state index is 12.9. The van der Waals surface area contributed by atoms with Gasteiger partial charge in [-0.2, -0.15) is 10.2 Å². The third kappa shape index (κ3) is 4.17. The molecule has 0 spiro atoms. The topological polar surface area (TPSA) is 76.3 Å². The molecule has 1 aromatic heterocycles. The Hall–Kier alpha value is -3.28. The minimum atomic E-state index is -0.435. The fourth-order valence-corrected chi connectivity index (χ4v) is 3.03. The van der Waals surface area contributed by atoms with E-state index < -0.39 is 5.91 Å². The molecule has 1 amide bonds. The molecule has 0 saturated carbocycles. The van der Waals surface area contributed by atoms with Gasteiger partial charge < -0.3 is 0 Å². The van der Waals surface area contributed by atoms with Gasteiger partial charge in [0.1, 0.15) is 0 Å². The summed E-state index contributed by atoms with van der Waals surface area (Å²) in [6.07, 6.45) is 0.729. The summed E-state index contributed by atoms with van der Waals surface area (Å²) >= 11 is 0. The van der Waals surface area contributed by atoms with Crippen LogP contribution in [0.4, 0.5) is 0 Å². The molecular formula is C22H24N4O2. The minimum Gasteiger partial charge on any atom is -0.267 e. The van der Waals surface area contributed by atoms with Gasteiger partial charge in [0.05, 0.1) is 11.1 Å². The maximum absolute atomic E-state index is 12.9. The molecule has 0 atom stereocenters. The highest BCUT2D eigenvalue weighted by Gasteiger charge is 2.16. The number of amides is 1.